The molecule has 0 spiro atoms. The summed E-state index contributed by atoms with van der Waals surface area (Å²) in [5, 5.41) is 3.47. The molecule has 0 unspecified atom stereocenters. The Morgan fingerprint density at radius 1 is 0.926 bits per heavy atom. The highest BCUT2D eigenvalue weighted by Gasteiger charge is 2.22. The van der Waals surface area contributed by atoms with Gasteiger partial charge < -0.3 is 10.1 Å². The quantitative estimate of drug-likeness (QED) is 0.552. The van der Waals surface area contributed by atoms with Gasteiger partial charge >= 0.3 is 0 Å². The zero-order valence-corrected chi connectivity index (χ0v) is 17.7. The Bertz CT molecular complexity index is 633. The summed E-state index contributed by atoms with van der Waals surface area (Å²) in [5.41, 5.74) is 1.38. The predicted molar refractivity (Wildman–Crippen MR) is 119 cm³/mol. The van der Waals surface area contributed by atoms with Crippen molar-refractivity contribution in [1.29, 1.82) is 0 Å². The minimum absolute atomic E-state index is 0. The summed E-state index contributed by atoms with van der Waals surface area (Å²) >= 11 is 0. The molecule has 5 heteroatoms. The summed E-state index contributed by atoms with van der Waals surface area (Å²) in [7, 11) is 0. The molecule has 27 heavy (non-hydrogen) atoms. The Kier molecular flexibility index (Phi) is 11.5. The molecule has 1 heterocycles. The molecular formula is C22H32Cl2N2O. The standard InChI is InChI=1S/C22H30N2O.2ClH/c1-2-3-5-13-22(24-16-14-23-15-17-24)19-9-8-12-21(18-19)25-20-10-6-4-7-11-20;;/h4,6-12,18,22-23H,2-3,5,13-17H2,1H3;2*1H/t22-;;/m0../s1. The molecule has 1 saturated heterocycles. The van der Waals surface area contributed by atoms with E-state index in [1.54, 1.807) is 0 Å². The third kappa shape index (κ3) is 7.34. The number of nitrogens with one attached hydrogen (secondary N) is 1. The molecule has 1 aliphatic heterocycles. The molecule has 1 aliphatic rings. The molecule has 0 saturated carbocycles. The number of ether oxygens (including phenoxy) is 1. The van der Waals surface area contributed by atoms with Gasteiger partial charge in [0.25, 0.3) is 0 Å². The zero-order chi connectivity index (χ0) is 17.3. The molecule has 1 fully saturated rings. The predicted octanol–water partition coefficient (Wildman–Crippen LogP) is 5.85. The number of halogens is 2. The third-order valence-corrected chi connectivity index (χ3v) is 4.90. The Morgan fingerprint density at radius 2 is 1.63 bits per heavy atom. The van der Waals surface area contributed by atoms with Crippen LogP contribution in [-0.2, 0) is 0 Å². The zero-order valence-electron chi connectivity index (χ0n) is 16.1. The van der Waals surface area contributed by atoms with Crippen LogP contribution < -0.4 is 10.1 Å². The minimum Gasteiger partial charge on any atom is -0.457 e. The lowest BCUT2D eigenvalue weighted by molar-refractivity contribution is 0.162. The average Bonchev–Trinajstić information content (AvgIpc) is 2.67. The first-order chi connectivity index (χ1) is 12.4. The first-order valence-corrected chi connectivity index (χ1v) is 9.64. The molecule has 3 nitrogen and oxygen atoms in total. The Balaban J connectivity index is 0.00000182. The van der Waals surface area contributed by atoms with Crippen LogP contribution in [0, 0.1) is 0 Å². The number of hydrogen-bond donors (Lipinski definition) is 1. The summed E-state index contributed by atoms with van der Waals surface area (Å²) in [6.07, 6.45) is 5.09. The molecule has 1 N–H and O–H groups in total. The van der Waals surface area contributed by atoms with E-state index in [1.165, 1.54) is 31.2 Å². The van der Waals surface area contributed by atoms with Gasteiger partial charge in [-0.2, -0.15) is 0 Å². The smallest absolute Gasteiger partial charge is 0.127 e. The second kappa shape index (κ2) is 13.0. The Hall–Kier alpha value is -1.26. The first-order valence-electron chi connectivity index (χ1n) is 9.64. The van der Waals surface area contributed by atoms with Crippen LogP contribution in [0.1, 0.15) is 44.2 Å². The minimum atomic E-state index is 0. The molecule has 0 radical (unpaired) electrons. The van der Waals surface area contributed by atoms with Crippen molar-refractivity contribution in [3.63, 3.8) is 0 Å². The monoisotopic (exact) mass is 410 g/mol. The van der Waals surface area contributed by atoms with Gasteiger partial charge in [-0.05, 0) is 36.2 Å². The molecule has 1 atom stereocenters. The van der Waals surface area contributed by atoms with Crippen molar-refractivity contribution in [2.45, 2.75) is 38.6 Å². The van der Waals surface area contributed by atoms with E-state index in [4.69, 9.17) is 4.74 Å². The maximum absolute atomic E-state index is 6.05. The van der Waals surface area contributed by atoms with E-state index >= 15 is 0 Å². The van der Waals surface area contributed by atoms with Crippen molar-refractivity contribution in [2.24, 2.45) is 0 Å². The fraction of sp³-hybridized carbons (Fsp3) is 0.455. The van der Waals surface area contributed by atoms with Gasteiger partial charge in [-0.3, -0.25) is 4.90 Å². The average molecular weight is 411 g/mol. The topological polar surface area (TPSA) is 24.5 Å². The number of benzene rings is 2. The number of unbranched alkanes of at least 4 members (excludes halogenated alkanes) is 2. The van der Waals surface area contributed by atoms with Crippen LogP contribution in [0.5, 0.6) is 11.5 Å². The number of rotatable bonds is 8. The highest BCUT2D eigenvalue weighted by molar-refractivity contribution is 5.85. The molecule has 150 valence electrons. The lowest BCUT2D eigenvalue weighted by Crippen LogP contribution is -2.45. The van der Waals surface area contributed by atoms with Gasteiger partial charge in [0, 0.05) is 32.2 Å². The molecular weight excluding hydrogens is 379 g/mol. The summed E-state index contributed by atoms with van der Waals surface area (Å²) < 4.78 is 6.05. The second-order valence-electron chi connectivity index (χ2n) is 6.79. The van der Waals surface area contributed by atoms with Gasteiger partial charge in [0.1, 0.15) is 11.5 Å². The largest absolute Gasteiger partial charge is 0.457 e. The molecule has 0 aromatic heterocycles. The van der Waals surface area contributed by atoms with Gasteiger partial charge in [-0.15, -0.1) is 24.8 Å². The van der Waals surface area contributed by atoms with Crippen molar-refractivity contribution in [2.75, 3.05) is 26.2 Å². The fourth-order valence-electron chi connectivity index (χ4n) is 3.55. The number of nitrogens with zero attached hydrogens (tertiary/aromatic N) is 1. The van der Waals surface area contributed by atoms with E-state index < -0.39 is 0 Å². The molecule has 0 amide bonds. The van der Waals surface area contributed by atoms with Crippen LogP contribution in [-0.4, -0.2) is 31.1 Å². The SMILES string of the molecule is CCCCC[C@@H](c1cccc(Oc2ccccc2)c1)N1CCNCC1.Cl.Cl. The summed E-state index contributed by atoms with van der Waals surface area (Å²) in [6, 6.07) is 19.2. The van der Waals surface area contributed by atoms with Crippen molar-refractivity contribution in [3.8, 4) is 11.5 Å². The number of para-hydroxylation sites is 1. The van der Waals surface area contributed by atoms with E-state index in [2.05, 4.69) is 41.4 Å². The highest BCUT2D eigenvalue weighted by Crippen LogP contribution is 2.31. The summed E-state index contributed by atoms with van der Waals surface area (Å²) in [5.74, 6) is 1.82. The molecule has 2 aromatic rings. The molecule has 0 bridgehead atoms. The second-order valence-corrected chi connectivity index (χ2v) is 6.79. The Labute approximate surface area is 176 Å². The van der Waals surface area contributed by atoms with Crippen molar-refractivity contribution >= 4 is 24.8 Å². The van der Waals surface area contributed by atoms with Crippen molar-refractivity contribution in [3.05, 3.63) is 60.2 Å². The van der Waals surface area contributed by atoms with E-state index in [1.807, 2.05) is 30.3 Å². The highest BCUT2D eigenvalue weighted by atomic mass is 35.5. The van der Waals surface area contributed by atoms with E-state index in [0.29, 0.717) is 6.04 Å². The van der Waals surface area contributed by atoms with E-state index in [-0.39, 0.29) is 24.8 Å². The van der Waals surface area contributed by atoms with Crippen LogP contribution in [0.2, 0.25) is 0 Å². The van der Waals surface area contributed by atoms with E-state index in [0.717, 1.165) is 37.7 Å². The van der Waals surface area contributed by atoms with Gasteiger partial charge in [-0.25, -0.2) is 0 Å². The Morgan fingerprint density at radius 3 is 2.33 bits per heavy atom. The normalized spacial score (nSPS) is 15.3. The van der Waals surface area contributed by atoms with Gasteiger partial charge in [0.2, 0.25) is 0 Å². The first kappa shape index (κ1) is 23.8. The van der Waals surface area contributed by atoms with E-state index in [9.17, 15) is 0 Å². The van der Waals surface area contributed by atoms with Gasteiger partial charge in [0.05, 0.1) is 0 Å². The van der Waals surface area contributed by atoms with Crippen LogP contribution in [0.3, 0.4) is 0 Å². The van der Waals surface area contributed by atoms with Gasteiger partial charge in [-0.1, -0.05) is 56.5 Å². The fourth-order valence-corrected chi connectivity index (χ4v) is 3.55. The number of hydrogen-bond acceptors (Lipinski definition) is 3. The molecule has 3 rings (SSSR count). The maximum Gasteiger partial charge on any atom is 0.127 e. The van der Waals surface area contributed by atoms with Crippen molar-refractivity contribution in [1.82, 2.24) is 10.2 Å². The van der Waals surface area contributed by atoms with Crippen LogP contribution in [0.4, 0.5) is 0 Å². The van der Waals surface area contributed by atoms with Crippen molar-refractivity contribution < 1.29 is 4.74 Å². The number of piperazine rings is 1. The van der Waals surface area contributed by atoms with Crippen LogP contribution >= 0.6 is 24.8 Å². The summed E-state index contributed by atoms with van der Waals surface area (Å²) in [6.45, 7) is 6.70. The molecule has 0 aliphatic carbocycles. The summed E-state index contributed by atoms with van der Waals surface area (Å²) in [4.78, 5) is 2.63. The lowest BCUT2D eigenvalue weighted by Gasteiger charge is -2.35. The molecule has 2 aromatic carbocycles. The van der Waals surface area contributed by atoms with Crippen LogP contribution in [0.15, 0.2) is 54.6 Å². The third-order valence-electron chi connectivity index (χ3n) is 4.90. The maximum atomic E-state index is 6.05. The van der Waals surface area contributed by atoms with Gasteiger partial charge in [0.15, 0.2) is 0 Å². The van der Waals surface area contributed by atoms with Crippen LogP contribution in [0.25, 0.3) is 0 Å². The lowest BCUT2D eigenvalue weighted by atomic mass is 9.98.